The SMILES string of the molecule is CCc1ccc(C(C#N)NCCC(=O)O)cc1. The van der Waals surface area contributed by atoms with Crippen LogP contribution in [-0.2, 0) is 11.2 Å². The van der Waals surface area contributed by atoms with Gasteiger partial charge >= 0.3 is 5.97 Å². The highest BCUT2D eigenvalue weighted by molar-refractivity contribution is 5.66. The van der Waals surface area contributed by atoms with Gasteiger partial charge < -0.3 is 5.11 Å². The Morgan fingerprint density at radius 2 is 2.12 bits per heavy atom. The molecule has 0 aliphatic rings. The van der Waals surface area contributed by atoms with Crippen molar-refractivity contribution in [3.05, 3.63) is 35.4 Å². The fraction of sp³-hybridized carbons (Fsp3) is 0.385. The van der Waals surface area contributed by atoms with Gasteiger partial charge in [-0.15, -0.1) is 0 Å². The van der Waals surface area contributed by atoms with Gasteiger partial charge in [-0.2, -0.15) is 5.26 Å². The summed E-state index contributed by atoms with van der Waals surface area (Å²) < 4.78 is 0. The van der Waals surface area contributed by atoms with Crippen LogP contribution in [0.15, 0.2) is 24.3 Å². The maximum absolute atomic E-state index is 10.4. The van der Waals surface area contributed by atoms with Crippen LogP contribution in [-0.4, -0.2) is 17.6 Å². The van der Waals surface area contributed by atoms with Crippen LogP contribution in [0.5, 0.6) is 0 Å². The lowest BCUT2D eigenvalue weighted by atomic mass is 10.0. The Hall–Kier alpha value is -1.86. The summed E-state index contributed by atoms with van der Waals surface area (Å²) in [5.41, 5.74) is 2.09. The predicted molar refractivity (Wildman–Crippen MR) is 64.4 cm³/mol. The van der Waals surface area contributed by atoms with E-state index in [0.717, 1.165) is 12.0 Å². The summed E-state index contributed by atoms with van der Waals surface area (Å²) in [6, 6.07) is 9.46. The minimum Gasteiger partial charge on any atom is -0.481 e. The first-order valence-corrected chi connectivity index (χ1v) is 5.61. The fourth-order valence-corrected chi connectivity index (χ4v) is 1.51. The van der Waals surface area contributed by atoms with Crippen molar-refractivity contribution in [1.82, 2.24) is 5.32 Å². The Morgan fingerprint density at radius 3 is 2.59 bits per heavy atom. The molecule has 0 aliphatic carbocycles. The molecule has 1 aromatic carbocycles. The van der Waals surface area contributed by atoms with E-state index >= 15 is 0 Å². The molecular weight excluding hydrogens is 216 g/mol. The van der Waals surface area contributed by atoms with Crippen molar-refractivity contribution in [2.75, 3.05) is 6.54 Å². The number of hydrogen-bond donors (Lipinski definition) is 2. The van der Waals surface area contributed by atoms with Gasteiger partial charge in [0.25, 0.3) is 0 Å². The maximum Gasteiger partial charge on any atom is 0.304 e. The van der Waals surface area contributed by atoms with Crippen molar-refractivity contribution in [3.63, 3.8) is 0 Å². The van der Waals surface area contributed by atoms with Crippen LogP contribution in [0, 0.1) is 11.3 Å². The third-order valence-electron chi connectivity index (χ3n) is 2.54. The van der Waals surface area contributed by atoms with E-state index in [1.54, 1.807) is 0 Å². The molecule has 4 heteroatoms. The largest absolute Gasteiger partial charge is 0.481 e. The number of carbonyl (C=O) groups is 1. The smallest absolute Gasteiger partial charge is 0.304 e. The first-order valence-electron chi connectivity index (χ1n) is 5.61. The van der Waals surface area contributed by atoms with Crippen LogP contribution in [0.2, 0.25) is 0 Å². The lowest BCUT2D eigenvalue weighted by Gasteiger charge is -2.11. The standard InChI is InChI=1S/C13H16N2O2/c1-2-10-3-5-11(6-4-10)12(9-14)15-8-7-13(16)17/h3-6,12,15H,2,7-8H2,1H3,(H,16,17). The monoisotopic (exact) mass is 232 g/mol. The number of aliphatic carboxylic acids is 1. The molecule has 0 heterocycles. The number of benzene rings is 1. The average molecular weight is 232 g/mol. The number of nitrogens with zero attached hydrogens (tertiary/aromatic N) is 1. The van der Waals surface area contributed by atoms with E-state index in [9.17, 15) is 4.79 Å². The van der Waals surface area contributed by atoms with Crippen molar-refractivity contribution in [1.29, 1.82) is 5.26 Å². The number of carboxylic acid groups (broad SMARTS) is 1. The summed E-state index contributed by atoms with van der Waals surface area (Å²) >= 11 is 0. The highest BCUT2D eigenvalue weighted by Gasteiger charge is 2.09. The number of rotatable bonds is 6. The zero-order chi connectivity index (χ0) is 12.7. The van der Waals surface area contributed by atoms with Gasteiger partial charge in [0.15, 0.2) is 0 Å². The molecule has 0 saturated carbocycles. The highest BCUT2D eigenvalue weighted by atomic mass is 16.4. The second-order valence-corrected chi connectivity index (χ2v) is 3.76. The molecule has 0 spiro atoms. The zero-order valence-electron chi connectivity index (χ0n) is 9.81. The van der Waals surface area contributed by atoms with E-state index in [-0.39, 0.29) is 6.42 Å². The van der Waals surface area contributed by atoms with E-state index < -0.39 is 12.0 Å². The molecule has 17 heavy (non-hydrogen) atoms. The first kappa shape index (κ1) is 13.2. The van der Waals surface area contributed by atoms with Crippen molar-refractivity contribution in [2.24, 2.45) is 0 Å². The molecule has 2 N–H and O–H groups in total. The number of nitriles is 1. The van der Waals surface area contributed by atoms with Crippen molar-refractivity contribution in [2.45, 2.75) is 25.8 Å². The number of aryl methyl sites for hydroxylation is 1. The molecule has 1 rings (SSSR count). The quantitative estimate of drug-likeness (QED) is 0.785. The number of carboxylic acids is 1. The molecule has 0 fully saturated rings. The molecule has 90 valence electrons. The van der Waals surface area contributed by atoms with Gasteiger partial charge in [-0.1, -0.05) is 31.2 Å². The Kier molecular flexibility index (Phi) is 5.18. The van der Waals surface area contributed by atoms with Gasteiger partial charge in [0.05, 0.1) is 12.5 Å². The lowest BCUT2D eigenvalue weighted by Crippen LogP contribution is -2.23. The average Bonchev–Trinajstić information content (AvgIpc) is 2.34. The third-order valence-corrected chi connectivity index (χ3v) is 2.54. The third kappa shape index (κ3) is 4.25. The molecule has 0 saturated heterocycles. The van der Waals surface area contributed by atoms with E-state index in [4.69, 9.17) is 10.4 Å². The lowest BCUT2D eigenvalue weighted by molar-refractivity contribution is -0.136. The second-order valence-electron chi connectivity index (χ2n) is 3.76. The van der Waals surface area contributed by atoms with Crippen molar-refractivity contribution in [3.8, 4) is 6.07 Å². The van der Waals surface area contributed by atoms with Crippen molar-refractivity contribution < 1.29 is 9.90 Å². The van der Waals surface area contributed by atoms with Gasteiger partial charge in [-0.3, -0.25) is 10.1 Å². The first-order chi connectivity index (χ1) is 8.17. The fourth-order valence-electron chi connectivity index (χ4n) is 1.51. The molecule has 0 amide bonds. The summed E-state index contributed by atoms with van der Waals surface area (Å²) in [5, 5.41) is 20.4. The summed E-state index contributed by atoms with van der Waals surface area (Å²) in [5.74, 6) is -0.865. The molecule has 0 aliphatic heterocycles. The molecule has 0 radical (unpaired) electrons. The number of nitrogens with one attached hydrogen (secondary N) is 1. The van der Waals surface area contributed by atoms with E-state index in [1.165, 1.54) is 5.56 Å². The minimum absolute atomic E-state index is 0.0191. The molecule has 1 unspecified atom stereocenters. The molecule has 0 bridgehead atoms. The molecule has 1 atom stereocenters. The summed E-state index contributed by atoms with van der Waals surface area (Å²) in [6.07, 6.45) is 0.981. The maximum atomic E-state index is 10.4. The predicted octanol–water partition coefficient (Wildman–Crippen LogP) is 1.88. The van der Waals surface area contributed by atoms with Gasteiger partial charge in [-0.05, 0) is 17.5 Å². The highest BCUT2D eigenvalue weighted by Crippen LogP contribution is 2.13. The second kappa shape index (κ2) is 6.66. The molecule has 4 nitrogen and oxygen atoms in total. The Labute approximate surface area is 101 Å². The van der Waals surface area contributed by atoms with Crippen LogP contribution in [0.3, 0.4) is 0 Å². The molecular formula is C13H16N2O2. The van der Waals surface area contributed by atoms with Gasteiger partial charge in [0.2, 0.25) is 0 Å². The van der Waals surface area contributed by atoms with Crippen LogP contribution >= 0.6 is 0 Å². The van der Waals surface area contributed by atoms with E-state index in [1.807, 2.05) is 24.3 Å². The molecule has 0 aromatic heterocycles. The van der Waals surface area contributed by atoms with Crippen molar-refractivity contribution >= 4 is 5.97 Å². The topological polar surface area (TPSA) is 73.1 Å². The minimum atomic E-state index is -0.865. The summed E-state index contributed by atoms with van der Waals surface area (Å²) in [7, 11) is 0. The van der Waals surface area contributed by atoms with Gasteiger partial charge in [0, 0.05) is 6.54 Å². The van der Waals surface area contributed by atoms with Crippen LogP contribution < -0.4 is 5.32 Å². The Morgan fingerprint density at radius 1 is 1.47 bits per heavy atom. The Bertz CT molecular complexity index is 406. The summed E-state index contributed by atoms with van der Waals surface area (Å²) in [4.78, 5) is 10.4. The van der Waals surface area contributed by atoms with E-state index in [2.05, 4.69) is 18.3 Å². The van der Waals surface area contributed by atoms with Crippen LogP contribution in [0.4, 0.5) is 0 Å². The van der Waals surface area contributed by atoms with Crippen LogP contribution in [0.25, 0.3) is 0 Å². The van der Waals surface area contributed by atoms with Crippen LogP contribution in [0.1, 0.15) is 30.5 Å². The van der Waals surface area contributed by atoms with Gasteiger partial charge in [0.1, 0.15) is 6.04 Å². The molecule has 1 aromatic rings. The summed E-state index contributed by atoms with van der Waals surface area (Å²) in [6.45, 7) is 2.37. The zero-order valence-corrected chi connectivity index (χ0v) is 9.81. The number of hydrogen-bond acceptors (Lipinski definition) is 3. The van der Waals surface area contributed by atoms with E-state index in [0.29, 0.717) is 6.54 Å². The Balaban J connectivity index is 2.60. The normalized spacial score (nSPS) is 11.8. The van der Waals surface area contributed by atoms with Gasteiger partial charge in [-0.25, -0.2) is 0 Å².